The van der Waals surface area contributed by atoms with Gasteiger partial charge in [-0.25, -0.2) is 9.80 Å². The Morgan fingerprint density at radius 2 is 1.83 bits per heavy atom. The van der Waals surface area contributed by atoms with Crippen molar-refractivity contribution in [1.29, 1.82) is 0 Å². The number of hydrogen-bond donors (Lipinski definition) is 2. The van der Waals surface area contributed by atoms with Crippen LogP contribution in [0.4, 0.5) is 4.79 Å². The summed E-state index contributed by atoms with van der Waals surface area (Å²) in [6.45, 7) is -0.223. The first-order valence-corrected chi connectivity index (χ1v) is 5.60. The Morgan fingerprint density at radius 3 is 2.33 bits per heavy atom. The third-order valence-corrected chi connectivity index (χ3v) is 2.59. The van der Waals surface area contributed by atoms with Gasteiger partial charge in [-0.2, -0.15) is 0 Å². The normalized spacial score (nSPS) is 14.7. The van der Waals surface area contributed by atoms with Gasteiger partial charge in [0.1, 0.15) is 6.54 Å². The minimum atomic E-state index is -0.679. The molecule has 8 heteroatoms. The molecule has 0 unspecified atom stereocenters. The maximum Gasteiger partial charge on any atom is 0.343 e. The predicted octanol–water partition coefficient (Wildman–Crippen LogP) is 1.19. The smallest absolute Gasteiger partial charge is 0.275 e. The number of nitrogens with zero attached hydrogens (tertiary/aromatic N) is 1. The first-order valence-electron chi connectivity index (χ1n) is 4.84. The van der Waals surface area contributed by atoms with Crippen LogP contribution >= 0.6 is 23.2 Å². The van der Waals surface area contributed by atoms with Gasteiger partial charge in [-0.3, -0.25) is 20.3 Å². The Hall–Kier alpha value is -1.79. The van der Waals surface area contributed by atoms with Crippen LogP contribution in [0.5, 0.6) is 0 Å². The van der Waals surface area contributed by atoms with E-state index in [9.17, 15) is 14.4 Å². The second-order valence-corrected chi connectivity index (χ2v) is 4.41. The maximum atomic E-state index is 11.8. The van der Waals surface area contributed by atoms with Crippen molar-refractivity contribution in [3.63, 3.8) is 0 Å². The number of benzene rings is 1. The molecule has 2 rings (SSSR count). The van der Waals surface area contributed by atoms with Crippen LogP contribution in [0.15, 0.2) is 18.2 Å². The van der Waals surface area contributed by atoms with Crippen molar-refractivity contribution in [3.05, 3.63) is 33.8 Å². The molecule has 1 aliphatic rings. The van der Waals surface area contributed by atoms with E-state index in [1.807, 2.05) is 5.32 Å². The number of halogens is 2. The summed E-state index contributed by atoms with van der Waals surface area (Å²) >= 11 is 11.5. The van der Waals surface area contributed by atoms with Crippen molar-refractivity contribution in [2.24, 2.45) is 0 Å². The zero-order valence-electron chi connectivity index (χ0n) is 8.87. The fourth-order valence-electron chi connectivity index (χ4n) is 1.40. The standard InChI is InChI=1S/C10H7Cl2N3O3/c11-6-1-5(2-7(12)3-6)9(17)14-15-4-8(16)13-10(15)18/h1-3H,4H2,(H,14,17)(H,13,16,18). The molecule has 6 nitrogen and oxygen atoms in total. The molecule has 0 spiro atoms. The lowest BCUT2D eigenvalue weighted by Crippen LogP contribution is -2.44. The lowest BCUT2D eigenvalue weighted by atomic mass is 10.2. The SMILES string of the molecule is O=C1CN(NC(=O)c2cc(Cl)cc(Cl)c2)C(=O)N1. The summed E-state index contributed by atoms with van der Waals surface area (Å²) in [5, 5.41) is 3.50. The van der Waals surface area contributed by atoms with Gasteiger partial charge in [-0.15, -0.1) is 0 Å². The van der Waals surface area contributed by atoms with Crippen LogP contribution in [-0.4, -0.2) is 29.4 Å². The molecule has 0 radical (unpaired) electrons. The first kappa shape index (κ1) is 12.7. The Kier molecular flexibility index (Phi) is 3.40. The van der Waals surface area contributed by atoms with Gasteiger partial charge in [0, 0.05) is 15.6 Å². The number of hydrogen-bond acceptors (Lipinski definition) is 3. The van der Waals surface area contributed by atoms with Crippen molar-refractivity contribution in [3.8, 4) is 0 Å². The number of amides is 4. The van der Waals surface area contributed by atoms with Crippen LogP contribution in [0.2, 0.25) is 10.0 Å². The summed E-state index contributed by atoms with van der Waals surface area (Å²) < 4.78 is 0. The van der Waals surface area contributed by atoms with E-state index in [4.69, 9.17) is 23.2 Å². The van der Waals surface area contributed by atoms with Gasteiger partial charge in [0.25, 0.3) is 5.91 Å². The highest BCUT2D eigenvalue weighted by atomic mass is 35.5. The number of hydrazine groups is 1. The van der Waals surface area contributed by atoms with E-state index < -0.39 is 17.8 Å². The number of carbonyl (C=O) groups is 3. The van der Waals surface area contributed by atoms with Crippen LogP contribution in [0, 0.1) is 0 Å². The molecule has 0 bridgehead atoms. The average molecular weight is 288 g/mol. The van der Waals surface area contributed by atoms with Gasteiger partial charge in [0.05, 0.1) is 0 Å². The number of urea groups is 1. The van der Waals surface area contributed by atoms with Crippen molar-refractivity contribution >= 4 is 41.0 Å². The third-order valence-electron chi connectivity index (χ3n) is 2.15. The zero-order chi connectivity index (χ0) is 13.3. The van der Waals surface area contributed by atoms with Gasteiger partial charge in [0.2, 0.25) is 5.91 Å². The molecule has 2 N–H and O–H groups in total. The van der Waals surface area contributed by atoms with E-state index in [-0.39, 0.29) is 12.1 Å². The summed E-state index contributed by atoms with van der Waals surface area (Å²) in [5.74, 6) is -1.06. The number of carbonyl (C=O) groups excluding carboxylic acids is 3. The molecule has 0 aromatic heterocycles. The molecule has 1 aromatic carbocycles. The van der Waals surface area contributed by atoms with Crippen molar-refractivity contribution in [2.75, 3.05) is 6.54 Å². The minimum absolute atomic E-state index is 0.194. The van der Waals surface area contributed by atoms with E-state index in [0.717, 1.165) is 5.01 Å². The Labute approximate surface area is 112 Å². The Balaban J connectivity index is 2.12. The van der Waals surface area contributed by atoms with Crippen molar-refractivity contribution in [2.45, 2.75) is 0 Å². The largest absolute Gasteiger partial charge is 0.343 e. The average Bonchev–Trinajstić information content (AvgIpc) is 2.56. The highest BCUT2D eigenvalue weighted by Gasteiger charge is 2.28. The molecule has 1 heterocycles. The molecule has 0 saturated carbocycles. The number of nitrogens with one attached hydrogen (secondary N) is 2. The first-order chi connectivity index (χ1) is 8.45. The second kappa shape index (κ2) is 4.83. The fourth-order valence-corrected chi connectivity index (χ4v) is 1.93. The topological polar surface area (TPSA) is 78.5 Å². The molecule has 1 aromatic rings. The number of rotatable bonds is 2. The highest BCUT2D eigenvalue weighted by Crippen LogP contribution is 2.19. The molecule has 0 atom stereocenters. The van der Waals surface area contributed by atoms with E-state index in [2.05, 4.69) is 5.43 Å². The quantitative estimate of drug-likeness (QED) is 0.802. The highest BCUT2D eigenvalue weighted by molar-refractivity contribution is 6.35. The fraction of sp³-hybridized carbons (Fsp3) is 0.100. The lowest BCUT2D eigenvalue weighted by molar-refractivity contribution is -0.118. The summed E-state index contributed by atoms with van der Waals surface area (Å²) in [6, 6.07) is 3.60. The van der Waals surface area contributed by atoms with Crippen LogP contribution in [0.1, 0.15) is 10.4 Å². The summed E-state index contributed by atoms with van der Waals surface area (Å²) in [6.07, 6.45) is 0. The van der Waals surface area contributed by atoms with Gasteiger partial charge in [0.15, 0.2) is 0 Å². The van der Waals surface area contributed by atoms with E-state index in [1.165, 1.54) is 18.2 Å². The van der Waals surface area contributed by atoms with Gasteiger partial charge in [-0.05, 0) is 18.2 Å². The Bertz CT molecular complexity index is 527. The molecule has 1 fully saturated rings. The van der Waals surface area contributed by atoms with E-state index >= 15 is 0 Å². The molecular weight excluding hydrogens is 281 g/mol. The van der Waals surface area contributed by atoms with Crippen LogP contribution in [-0.2, 0) is 4.79 Å². The van der Waals surface area contributed by atoms with Crippen LogP contribution < -0.4 is 10.7 Å². The van der Waals surface area contributed by atoms with E-state index in [0.29, 0.717) is 10.0 Å². The minimum Gasteiger partial charge on any atom is -0.275 e. The molecule has 4 amide bonds. The zero-order valence-corrected chi connectivity index (χ0v) is 10.4. The summed E-state index contributed by atoms with van der Waals surface area (Å²) in [7, 11) is 0. The predicted molar refractivity (Wildman–Crippen MR) is 64.2 cm³/mol. The van der Waals surface area contributed by atoms with Crippen molar-refractivity contribution in [1.82, 2.24) is 15.8 Å². The van der Waals surface area contributed by atoms with E-state index in [1.54, 1.807) is 0 Å². The van der Waals surface area contributed by atoms with Crippen LogP contribution in [0.25, 0.3) is 0 Å². The summed E-state index contributed by atoms with van der Waals surface area (Å²) in [4.78, 5) is 33.9. The molecule has 0 aliphatic carbocycles. The lowest BCUT2D eigenvalue weighted by Gasteiger charge is -2.14. The molecule has 94 valence electrons. The van der Waals surface area contributed by atoms with Gasteiger partial charge >= 0.3 is 6.03 Å². The summed E-state index contributed by atoms with van der Waals surface area (Å²) in [5.41, 5.74) is 2.47. The molecule has 18 heavy (non-hydrogen) atoms. The monoisotopic (exact) mass is 287 g/mol. The molecule has 1 aliphatic heterocycles. The Morgan fingerprint density at radius 1 is 1.22 bits per heavy atom. The molecule has 1 saturated heterocycles. The number of imide groups is 1. The van der Waals surface area contributed by atoms with Crippen LogP contribution in [0.3, 0.4) is 0 Å². The van der Waals surface area contributed by atoms with Crippen molar-refractivity contribution < 1.29 is 14.4 Å². The molecular formula is C10H7Cl2N3O3. The maximum absolute atomic E-state index is 11.8. The second-order valence-electron chi connectivity index (χ2n) is 3.54. The third kappa shape index (κ3) is 2.72. The van der Waals surface area contributed by atoms with Gasteiger partial charge in [-0.1, -0.05) is 23.2 Å². The van der Waals surface area contributed by atoms with Gasteiger partial charge < -0.3 is 0 Å².